The fourth-order valence-corrected chi connectivity index (χ4v) is 4.08. The molecule has 0 bridgehead atoms. The third-order valence-electron chi connectivity index (χ3n) is 5.00. The maximum Gasteiger partial charge on any atom is 0.273 e. The number of nitrogens with zero attached hydrogens (tertiary/aromatic N) is 4. The number of hydrogen-bond acceptors (Lipinski definition) is 6. The van der Waals surface area contributed by atoms with Gasteiger partial charge in [0.25, 0.3) is 5.91 Å². The summed E-state index contributed by atoms with van der Waals surface area (Å²) in [5, 5.41) is 12.3. The van der Waals surface area contributed by atoms with Gasteiger partial charge in [0, 0.05) is 57.6 Å². The number of likely N-dealkylation sites (tertiary alicyclic amines) is 1. The molecule has 1 aromatic rings. The van der Waals surface area contributed by atoms with Crippen molar-refractivity contribution < 1.29 is 14.7 Å². The average Bonchev–Trinajstić information content (AvgIpc) is 3.05. The lowest BCUT2D eigenvalue weighted by atomic mass is 10.0. The second-order valence-electron chi connectivity index (χ2n) is 6.42. The molecule has 3 rings (SSSR count). The monoisotopic (exact) mass is 352 g/mol. The van der Waals surface area contributed by atoms with Crippen molar-refractivity contribution in [2.75, 3.05) is 39.3 Å². The zero-order valence-electron chi connectivity index (χ0n) is 13.9. The first-order valence-corrected chi connectivity index (χ1v) is 9.35. The van der Waals surface area contributed by atoms with Crippen molar-refractivity contribution in [2.24, 2.45) is 0 Å². The number of piperazine rings is 1. The summed E-state index contributed by atoms with van der Waals surface area (Å²) in [5.41, 5.74) is 2.15. The predicted molar refractivity (Wildman–Crippen MR) is 90.9 cm³/mol. The molecule has 2 atom stereocenters. The molecular weight excluding hydrogens is 328 g/mol. The van der Waals surface area contributed by atoms with Crippen LogP contribution in [-0.4, -0.2) is 88.0 Å². The number of hydrogen-bond donors (Lipinski definition) is 1. The molecule has 2 saturated heterocycles. The Bertz CT molecular complexity index is 572. The highest BCUT2D eigenvalue weighted by molar-refractivity contribution is 7.07. The first kappa shape index (κ1) is 17.3. The molecule has 0 unspecified atom stereocenters. The van der Waals surface area contributed by atoms with Gasteiger partial charge in [0.05, 0.1) is 11.6 Å². The van der Waals surface area contributed by atoms with Gasteiger partial charge in [-0.05, 0) is 12.8 Å². The van der Waals surface area contributed by atoms with Crippen molar-refractivity contribution in [3.63, 3.8) is 0 Å². The molecule has 24 heavy (non-hydrogen) atoms. The van der Waals surface area contributed by atoms with Gasteiger partial charge in [0.1, 0.15) is 5.69 Å². The van der Waals surface area contributed by atoms with E-state index in [1.54, 1.807) is 22.7 Å². The Hall–Kier alpha value is -1.51. The lowest BCUT2D eigenvalue weighted by Gasteiger charge is -2.40. The Balaban J connectivity index is 1.59. The molecule has 0 aliphatic carbocycles. The molecule has 1 N–H and O–H groups in total. The Kier molecular flexibility index (Phi) is 5.47. The van der Waals surface area contributed by atoms with Crippen LogP contribution in [0.3, 0.4) is 0 Å². The van der Waals surface area contributed by atoms with E-state index in [0.29, 0.717) is 38.3 Å². The summed E-state index contributed by atoms with van der Waals surface area (Å²) in [7, 11) is 0. The molecule has 3 heterocycles. The maximum absolute atomic E-state index is 12.5. The van der Waals surface area contributed by atoms with Gasteiger partial charge in [-0.2, -0.15) is 0 Å². The number of carbonyl (C=O) groups excluding carboxylic acids is 2. The topological polar surface area (TPSA) is 77.0 Å². The van der Waals surface area contributed by atoms with E-state index >= 15 is 0 Å². The van der Waals surface area contributed by atoms with Gasteiger partial charge in [-0.3, -0.25) is 14.5 Å². The van der Waals surface area contributed by atoms with E-state index in [-0.39, 0.29) is 17.9 Å². The first-order chi connectivity index (χ1) is 11.6. The minimum Gasteiger partial charge on any atom is -0.391 e. The molecule has 1 aromatic heterocycles. The fourth-order valence-electron chi connectivity index (χ4n) is 3.55. The molecule has 7 nitrogen and oxygen atoms in total. The number of aliphatic hydroxyl groups excluding tert-OH is 1. The summed E-state index contributed by atoms with van der Waals surface area (Å²) < 4.78 is 0. The molecule has 0 radical (unpaired) electrons. The van der Waals surface area contributed by atoms with E-state index in [2.05, 4.69) is 9.88 Å². The number of aliphatic hydroxyl groups is 1. The fraction of sp³-hybridized carbons (Fsp3) is 0.688. The molecule has 2 amide bonds. The molecule has 0 aromatic carbocycles. The number of aromatic nitrogens is 1. The van der Waals surface area contributed by atoms with Gasteiger partial charge >= 0.3 is 0 Å². The summed E-state index contributed by atoms with van der Waals surface area (Å²) >= 11 is 1.42. The van der Waals surface area contributed by atoms with Gasteiger partial charge in [-0.15, -0.1) is 11.3 Å². The Labute approximate surface area is 145 Å². The quantitative estimate of drug-likeness (QED) is 0.827. The van der Waals surface area contributed by atoms with Crippen LogP contribution in [0.5, 0.6) is 0 Å². The van der Waals surface area contributed by atoms with Crippen LogP contribution in [0.25, 0.3) is 0 Å². The van der Waals surface area contributed by atoms with Gasteiger partial charge in [0.2, 0.25) is 5.91 Å². The second kappa shape index (κ2) is 7.58. The average molecular weight is 352 g/mol. The SMILES string of the molecule is CC(=O)N1CCN([C@H]2CCN(C(=O)c3cscn3)CC[C@@H]2O)CC1. The standard InChI is InChI=1S/C16H24N4O3S/c1-12(21)18-6-8-19(9-7-18)14-2-4-20(5-3-15(14)22)16(23)13-10-24-11-17-13/h10-11,14-15,22H,2-9H2,1H3/t14-,15-/m0/s1. The van der Waals surface area contributed by atoms with Crippen LogP contribution in [-0.2, 0) is 4.79 Å². The summed E-state index contributed by atoms with van der Waals surface area (Å²) in [6, 6.07) is 0.0485. The van der Waals surface area contributed by atoms with E-state index in [0.717, 1.165) is 19.5 Å². The van der Waals surface area contributed by atoms with Crippen molar-refractivity contribution >= 4 is 23.2 Å². The highest BCUT2D eigenvalue weighted by atomic mass is 32.1. The normalized spacial score (nSPS) is 26.2. The largest absolute Gasteiger partial charge is 0.391 e. The molecule has 0 spiro atoms. The van der Waals surface area contributed by atoms with E-state index in [9.17, 15) is 14.7 Å². The highest BCUT2D eigenvalue weighted by Crippen LogP contribution is 2.20. The Morgan fingerprint density at radius 2 is 1.83 bits per heavy atom. The van der Waals surface area contributed by atoms with Crippen molar-refractivity contribution in [1.82, 2.24) is 19.7 Å². The van der Waals surface area contributed by atoms with Crippen LogP contribution in [0.15, 0.2) is 10.9 Å². The van der Waals surface area contributed by atoms with E-state index in [4.69, 9.17) is 0 Å². The number of amides is 2. The number of thiazole rings is 1. The van der Waals surface area contributed by atoms with Crippen LogP contribution < -0.4 is 0 Å². The first-order valence-electron chi connectivity index (χ1n) is 8.41. The van der Waals surface area contributed by atoms with Crippen LogP contribution in [0.1, 0.15) is 30.3 Å². The summed E-state index contributed by atoms with van der Waals surface area (Å²) in [6.07, 6.45) is 0.882. The van der Waals surface area contributed by atoms with Crippen molar-refractivity contribution in [3.05, 3.63) is 16.6 Å². The van der Waals surface area contributed by atoms with E-state index in [1.807, 2.05) is 4.90 Å². The Morgan fingerprint density at radius 1 is 1.12 bits per heavy atom. The lowest BCUT2D eigenvalue weighted by Crippen LogP contribution is -2.54. The third-order valence-corrected chi connectivity index (χ3v) is 5.59. The van der Waals surface area contributed by atoms with Crippen LogP contribution in [0.4, 0.5) is 0 Å². The van der Waals surface area contributed by atoms with Gasteiger partial charge in [0.15, 0.2) is 0 Å². The molecular formula is C16H24N4O3S. The van der Waals surface area contributed by atoms with Crippen LogP contribution >= 0.6 is 11.3 Å². The summed E-state index contributed by atoms with van der Waals surface area (Å²) in [4.78, 5) is 33.9. The minimum atomic E-state index is -0.442. The molecule has 2 aliphatic rings. The zero-order valence-corrected chi connectivity index (χ0v) is 14.7. The van der Waals surface area contributed by atoms with E-state index in [1.165, 1.54) is 11.3 Å². The molecule has 2 fully saturated rings. The second-order valence-corrected chi connectivity index (χ2v) is 7.14. The van der Waals surface area contributed by atoms with Crippen LogP contribution in [0.2, 0.25) is 0 Å². The molecule has 0 saturated carbocycles. The van der Waals surface area contributed by atoms with Crippen molar-refractivity contribution in [2.45, 2.75) is 31.9 Å². The minimum absolute atomic E-state index is 0.0485. The smallest absolute Gasteiger partial charge is 0.273 e. The Morgan fingerprint density at radius 3 is 2.46 bits per heavy atom. The van der Waals surface area contributed by atoms with Crippen LogP contribution in [0, 0.1) is 0 Å². The van der Waals surface area contributed by atoms with Gasteiger partial charge in [-0.25, -0.2) is 4.98 Å². The molecule has 2 aliphatic heterocycles. The highest BCUT2D eigenvalue weighted by Gasteiger charge is 2.33. The lowest BCUT2D eigenvalue weighted by molar-refractivity contribution is -0.131. The molecule has 132 valence electrons. The van der Waals surface area contributed by atoms with Crippen molar-refractivity contribution in [3.8, 4) is 0 Å². The van der Waals surface area contributed by atoms with Gasteiger partial charge in [-0.1, -0.05) is 0 Å². The predicted octanol–water partition coefficient (Wildman–Crippen LogP) is 0.273. The third kappa shape index (κ3) is 3.76. The van der Waals surface area contributed by atoms with E-state index < -0.39 is 6.10 Å². The summed E-state index contributed by atoms with van der Waals surface area (Å²) in [5.74, 6) is 0.0570. The summed E-state index contributed by atoms with van der Waals surface area (Å²) in [6.45, 7) is 5.76. The zero-order chi connectivity index (χ0) is 17.1. The molecule has 8 heteroatoms. The van der Waals surface area contributed by atoms with Crippen molar-refractivity contribution in [1.29, 1.82) is 0 Å². The maximum atomic E-state index is 12.5. The number of carbonyl (C=O) groups is 2. The van der Waals surface area contributed by atoms with Gasteiger partial charge < -0.3 is 14.9 Å². The number of rotatable bonds is 2.